The number of carbonyl (C=O) groups is 1. The molecule has 8 heteroatoms. The van der Waals surface area contributed by atoms with E-state index in [0.717, 1.165) is 0 Å². The highest BCUT2D eigenvalue weighted by Crippen LogP contribution is 2.20. The zero-order valence-corrected chi connectivity index (χ0v) is 7.78. The van der Waals surface area contributed by atoms with E-state index >= 15 is 0 Å². The molecule has 88 valence electrons. The predicted octanol–water partition coefficient (Wildman–Crippen LogP) is -4.18. The number of nitrogens with one attached hydrogen (secondary N) is 1. The fraction of sp³-hybridized carbons (Fsp3) is 0.857. The van der Waals surface area contributed by atoms with Crippen molar-refractivity contribution in [3.05, 3.63) is 0 Å². The number of carbonyl (C=O) groups excluding carboxylic acids is 1. The first-order chi connectivity index (χ1) is 7.02. The van der Waals surface area contributed by atoms with Crippen LogP contribution < -0.4 is 11.3 Å². The van der Waals surface area contributed by atoms with Gasteiger partial charge in [-0.3, -0.25) is 10.2 Å². The summed E-state index contributed by atoms with van der Waals surface area (Å²) in [5.74, 6) is 3.99. The van der Waals surface area contributed by atoms with Gasteiger partial charge in [0, 0.05) is 0 Å². The van der Waals surface area contributed by atoms with Crippen LogP contribution in [0.5, 0.6) is 0 Å². The summed E-state index contributed by atoms with van der Waals surface area (Å²) in [6.07, 6.45) is -7.16. The third kappa shape index (κ3) is 2.25. The molecule has 0 aromatic carbocycles. The van der Waals surface area contributed by atoms with Crippen molar-refractivity contribution >= 4 is 5.91 Å². The first kappa shape index (κ1) is 12.3. The number of rotatable bonds is 2. The van der Waals surface area contributed by atoms with Crippen molar-refractivity contribution < 1.29 is 30.0 Å². The van der Waals surface area contributed by atoms with E-state index in [2.05, 4.69) is 0 Å². The normalized spacial score (nSPS) is 41.3. The van der Waals surface area contributed by atoms with Crippen LogP contribution in [0.15, 0.2) is 0 Å². The van der Waals surface area contributed by atoms with Gasteiger partial charge < -0.3 is 25.2 Å². The van der Waals surface area contributed by atoms with Crippen LogP contribution in [0.25, 0.3) is 0 Å². The maximum Gasteiger partial charge on any atom is 0.265 e. The van der Waals surface area contributed by atoms with Crippen molar-refractivity contribution in [1.29, 1.82) is 0 Å². The Morgan fingerprint density at radius 2 is 1.87 bits per heavy atom. The molecule has 1 aliphatic heterocycles. The quantitative estimate of drug-likeness (QED) is 0.158. The summed E-state index contributed by atoms with van der Waals surface area (Å²) in [6, 6.07) is 0. The minimum atomic E-state index is -1.59. The molecule has 0 bridgehead atoms. The van der Waals surface area contributed by atoms with E-state index in [0.29, 0.717) is 0 Å². The first-order valence-electron chi connectivity index (χ1n) is 4.34. The molecule has 0 radical (unpaired) electrons. The number of nitrogens with two attached hydrogens (primary N) is 1. The zero-order chi connectivity index (χ0) is 11.6. The Morgan fingerprint density at radius 1 is 1.27 bits per heavy atom. The number of amides is 1. The maximum atomic E-state index is 11.1. The highest BCUT2D eigenvalue weighted by molar-refractivity contribution is 5.81. The summed E-state index contributed by atoms with van der Waals surface area (Å²) in [6.45, 7) is -0.584. The van der Waals surface area contributed by atoms with Crippen molar-refractivity contribution in [3.63, 3.8) is 0 Å². The number of hydrogen-bond donors (Lipinski definition) is 6. The molecule has 1 aliphatic rings. The fourth-order valence-corrected chi connectivity index (χ4v) is 1.40. The van der Waals surface area contributed by atoms with Crippen LogP contribution in [0, 0.1) is 0 Å². The summed E-state index contributed by atoms with van der Waals surface area (Å²) in [5.41, 5.74) is 1.75. The molecule has 1 saturated heterocycles. The Labute approximate surface area is 85.2 Å². The summed E-state index contributed by atoms with van der Waals surface area (Å²) in [7, 11) is 0. The Kier molecular flexibility index (Phi) is 3.97. The van der Waals surface area contributed by atoms with Gasteiger partial charge in [0.25, 0.3) is 5.91 Å². The number of hydrazine groups is 1. The van der Waals surface area contributed by atoms with Crippen molar-refractivity contribution in [1.82, 2.24) is 5.43 Å². The molecule has 0 spiro atoms. The van der Waals surface area contributed by atoms with Crippen molar-refractivity contribution in [3.8, 4) is 0 Å². The smallest absolute Gasteiger partial charge is 0.265 e. The fourth-order valence-electron chi connectivity index (χ4n) is 1.40. The molecule has 0 unspecified atom stereocenters. The van der Waals surface area contributed by atoms with Gasteiger partial charge in [-0.1, -0.05) is 0 Å². The molecule has 1 amide bonds. The summed E-state index contributed by atoms with van der Waals surface area (Å²) in [5, 5.41) is 36.9. The topological polar surface area (TPSA) is 145 Å². The Hall–Kier alpha value is -0.770. The Morgan fingerprint density at radius 3 is 2.33 bits per heavy atom. The lowest BCUT2D eigenvalue weighted by atomic mass is 9.95. The second kappa shape index (κ2) is 4.84. The second-order valence-electron chi connectivity index (χ2n) is 3.26. The van der Waals surface area contributed by atoms with E-state index in [1.54, 1.807) is 5.43 Å². The molecule has 1 rings (SSSR count). The maximum absolute atomic E-state index is 11.1. The summed E-state index contributed by atoms with van der Waals surface area (Å²) >= 11 is 0. The number of ether oxygens (including phenoxy) is 1. The summed E-state index contributed by atoms with van der Waals surface area (Å²) < 4.78 is 4.88. The van der Waals surface area contributed by atoms with Gasteiger partial charge in [-0.05, 0) is 0 Å². The van der Waals surface area contributed by atoms with Gasteiger partial charge in [0.05, 0.1) is 6.61 Å². The molecule has 0 aliphatic carbocycles. The minimum absolute atomic E-state index is 0.584. The number of aliphatic hydroxyl groups is 4. The van der Waals surface area contributed by atoms with Crippen LogP contribution in [0.2, 0.25) is 0 Å². The van der Waals surface area contributed by atoms with Crippen LogP contribution in [-0.2, 0) is 9.53 Å². The van der Waals surface area contributed by atoms with Gasteiger partial charge in [0.1, 0.15) is 24.4 Å². The molecule has 0 aromatic heterocycles. The molecule has 5 atom stereocenters. The van der Waals surface area contributed by atoms with Gasteiger partial charge in [0.15, 0.2) is 6.10 Å². The molecule has 0 saturated carbocycles. The predicted molar refractivity (Wildman–Crippen MR) is 46.1 cm³/mol. The number of hydrogen-bond acceptors (Lipinski definition) is 7. The third-order valence-electron chi connectivity index (χ3n) is 2.29. The molecule has 0 aromatic rings. The monoisotopic (exact) mass is 222 g/mol. The lowest BCUT2D eigenvalue weighted by molar-refractivity contribution is -0.226. The minimum Gasteiger partial charge on any atom is -0.394 e. The Bertz CT molecular complexity index is 236. The Balaban J connectivity index is 2.78. The molecule has 15 heavy (non-hydrogen) atoms. The lowest BCUT2D eigenvalue weighted by Gasteiger charge is -2.38. The van der Waals surface area contributed by atoms with Gasteiger partial charge in [-0.2, -0.15) is 0 Å². The van der Waals surface area contributed by atoms with E-state index in [4.69, 9.17) is 15.7 Å². The average Bonchev–Trinajstić information content (AvgIpc) is 2.25. The lowest BCUT2D eigenvalue weighted by Crippen LogP contribution is -2.62. The third-order valence-corrected chi connectivity index (χ3v) is 2.29. The van der Waals surface area contributed by atoms with Gasteiger partial charge in [0.2, 0.25) is 0 Å². The molecule has 8 nitrogen and oxygen atoms in total. The molecular formula is C7H14N2O6. The van der Waals surface area contributed by atoms with Gasteiger partial charge in [-0.15, -0.1) is 0 Å². The summed E-state index contributed by atoms with van der Waals surface area (Å²) in [4.78, 5) is 11.1. The molecule has 1 heterocycles. The highest BCUT2D eigenvalue weighted by atomic mass is 16.5. The average molecular weight is 222 g/mol. The zero-order valence-electron chi connectivity index (χ0n) is 7.78. The van der Waals surface area contributed by atoms with Crippen molar-refractivity contribution in [2.75, 3.05) is 6.61 Å². The van der Waals surface area contributed by atoms with E-state index in [-0.39, 0.29) is 0 Å². The SMILES string of the molecule is NNC(=O)[C@H]1O[C@H](CO)[C@@H](O)[C@H](O)[C@H]1O. The van der Waals surface area contributed by atoms with Crippen LogP contribution in [0.4, 0.5) is 0 Å². The second-order valence-corrected chi connectivity index (χ2v) is 3.26. The standard InChI is InChI=1S/C7H14N2O6/c8-9-7(14)6-5(13)4(12)3(11)2(1-10)15-6/h2-6,10-13H,1,8H2,(H,9,14)/t2-,3-,4+,5-,6+/m1/s1. The highest BCUT2D eigenvalue weighted by Gasteiger charge is 2.46. The van der Waals surface area contributed by atoms with Gasteiger partial charge in [-0.25, -0.2) is 5.84 Å². The van der Waals surface area contributed by atoms with E-state index < -0.39 is 43.0 Å². The van der Waals surface area contributed by atoms with Crippen LogP contribution >= 0.6 is 0 Å². The van der Waals surface area contributed by atoms with Gasteiger partial charge >= 0.3 is 0 Å². The van der Waals surface area contributed by atoms with Crippen LogP contribution in [0.1, 0.15) is 0 Å². The van der Waals surface area contributed by atoms with Crippen molar-refractivity contribution in [2.45, 2.75) is 30.5 Å². The van der Waals surface area contributed by atoms with E-state index in [1.165, 1.54) is 0 Å². The molecule has 7 N–H and O–H groups in total. The van der Waals surface area contributed by atoms with E-state index in [9.17, 15) is 20.1 Å². The van der Waals surface area contributed by atoms with Crippen LogP contribution in [0.3, 0.4) is 0 Å². The van der Waals surface area contributed by atoms with E-state index in [1.807, 2.05) is 0 Å². The molecular weight excluding hydrogens is 208 g/mol. The number of aliphatic hydroxyl groups excluding tert-OH is 4. The van der Waals surface area contributed by atoms with Crippen molar-refractivity contribution in [2.24, 2.45) is 5.84 Å². The largest absolute Gasteiger partial charge is 0.394 e. The van der Waals surface area contributed by atoms with Crippen LogP contribution in [-0.4, -0.2) is 63.5 Å². The molecule has 1 fully saturated rings. The first-order valence-corrected chi connectivity index (χ1v) is 4.34.